The zero-order valence-corrected chi connectivity index (χ0v) is 15.4. The first-order valence-corrected chi connectivity index (χ1v) is 8.37. The number of amides is 3. The molecule has 0 aliphatic heterocycles. The van der Waals surface area contributed by atoms with Crippen LogP contribution in [0.15, 0.2) is 0 Å². The maximum atomic E-state index is 12.7. The molecule has 0 bridgehead atoms. The summed E-state index contributed by atoms with van der Waals surface area (Å²) in [5.41, 5.74) is 1.95. The summed E-state index contributed by atoms with van der Waals surface area (Å²) in [6, 6.07) is 0. The number of unbranched alkanes of at least 4 members (excludes halogenated alkanes) is 2. The van der Waals surface area contributed by atoms with Gasteiger partial charge in [0.25, 0.3) is 5.91 Å². The van der Waals surface area contributed by atoms with Crippen molar-refractivity contribution in [1.82, 2.24) is 15.5 Å². The number of rotatable bonds is 10. The Kier molecular flexibility index (Phi) is 10.2. The van der Waals surface area contributed by atoms with Gasteiger partial charge in [0.15, 0.2) is 0 Å². The Hall–Kier alpha value is -1.67. The third-order valence-electron chi connectivity index (χ3n) is 3.15. The normalized spacial score (nSPS) is 12.4. The van der Waals surface area contributed by atoms with E-state index in [1.807, 2.05) is 6.92 Å². The van der Waals surface area contributed by atoms with E-state index in [2.05, 4.69) is 5.43 Å². The summed E-state index contributed by atoms with van der Waals surface area (Å²) in [6.45, 7) is 9.09. The number of carbonyl (C=O) groups is 3. The van der Waals surface area contributed by atoms with E-state index in [9.17, 15) is 19.6 Å². The van der Waals surface area contributed by atoms with Crippen molar-refractivity contribution in [1.29, 1.82) is 0 Å². The lowest BCUT2D eigenvalue weighted by Crippen LogP contribution is -2.52. The minimum absolute atomic E-state index is 0.170. The van der Waals surface area contributed by atoms with Crippen LogP contribution in [0.3, 0.4) is 0 Å². The summed E-state index contributed by atoms with van der Waals surface area (Å²) in [6.07, 6.45) is 2.55. The molecule has 0 aromatic carbocycles. The highest BCUT2D eigenvalue weighted by molar-refractivity contribution is 5.93. The highest BCUT2D eigenvalue weighted by Crippen LogP contribution is 2.16. The van der Waals surface area contributed by atoms with Gasteiger partial charge in [-0.2, -0.15) is 5.01 Å². The van der Waals surface area contributed by atoms with Gasteiger partial charge < -0.3 is 4.74 Å². The molecule has 0 spiro atoms. The van der Waals surface area contributed by atoms with Gasteiger partial charge in [-0.05, 0) is 27.2 Å². The third-order valence-corrected chi connectivity index (χ3v) is 3.15. The maximum Gasteiger partial charge on any atom is 0.432 e. The van der Waals surface area contributed by atoms with E-state index in [1.54, 1.807) is 27.7 Å². The standard InChI is InChI=1S/C16H31N3O5/c1-6-8-9-10-13(11-18(23)12-20)14(21)19(17-7-2)15(22)24-16(3,4)5/h12-13,17,23H,6-11H2,1-5H3. The van der Waals surface area contributed by atoms with Gasteiger partial charge >= 0.3 is 6.09 Å². The molecule has 0 aliphatic rings. The SMILES string of the molecule is CCCCCC(CN(O)C=O)C(=O)N(NCC)C(=O)OC(C)(C)C. The van der Waals surface area contributed by atoms with Crippen molar-refractivity contribution in [3.8, 4) is 0 Å². The van der Waals surface area contributed by atoms with Gasteiger partial charge in [0, 0.05) is 6.54 Å². The van der Waals surface area contributed by atoms with Crippen LogP contribution in [-0.2, 0) is 14.3 Å². The molecule has 8 heteroatoms. The third kappa shape index (κ3) is 8.83. The molecule has 2 N–H and O–H groups in total. The molecule has 8 nitrogen and oxygen atoms in total. The Labute approximate surface area is 144 Å². The minimum Gasteiger partial charge on any atom is -0.442 e. The van der Waals surface area contributed by atoms with Crippen molar-refractivity contribution < 1.29 is 24.3 Å². The predicted molar refractivity (Wildman–Crippen MR) is 88.9 cm³/mol. The number of imide groups is 1. The van der Waals surface area contributed by atoms with Gasteiger partial charge in [0.05, 0.1) is 12.5 Å². The Morgan fingerprint density at radius 2 is 1.88 bits per heavy atom. The number of hydrazine groups is 1. The maximum absolute atomic E-state index is 12.7. The van der Waals surface area contributed by atoms with E-state index < -0.39 is 23.5 Å². The van der Waals surface area contributed by atoms with Crippen molar-refractivity contribution in [2.45, 2.75) is 65.9 Å². The number of hydroxylamine groups is 2. The summed E-state index contributed by atoms with van der Waals surface area (Å²) in [4.78, 5) is 35.6. The van der Waals surface area contributed by atoms with Gasteiger partial charge in [0.2, 0.25) is 6.41 Å². The second kappa shape index (κ2) is 11.0. The van der Waals surface area contributed by atoms with Crippen LogP contribution >= 0.6 is 0 Å². The summed E-state index contributed by atoms with van der Waals surface area (Å²) in [7, 11) is 0. The van der Waals surface area contributed by atoms with Gasteiger partial charge in [0.1, 0.15) is 5.60 Å². The van der Waals surface area contributed by atoms with E-state index in [-0.39, 0.29) is 13.0 Å². The zero-order valence-electron chi connectivity index (χ0n) is 15.4. The Morgan fingerprint density at radius 1 is 1.25 bits per heavy atom. The van der Waals surface area contributed by atoms with Gasteiger partial charge in [-0.3, -0.25) is 14.8 Å². The molecule has 140 valence electrons. The number of nitrogens with one attached hydrogen (secondary N) is 1. The molecular weight excluding hydrogens is 314 g/mol. The van der Waals surface area contributed by atoms with Gasteiger partial charge in [-0.1, -0.05) is 33.1 Å². The first kappa shape index (κ1) is 22.3. The Morgan fingerprint density at radius 3 is 2.33 bits per heavy atom. The largest absolute Gasteiger partial charge is 0.442 e. The number of hydrogen-bond acceptors (Lipinski definition) is 6. The van der Waals surface area contributed by atoms with Crippen LogP contribution in [0.25, 0.3) is 0 Å². The van der Waals surface area contributed by atoms with Gasteiger partial charge in [-0.25, -0.2) is 15.3 Å². The Bertz CT molecular complexity index is 409. The Balaban J connectivity index is 5.17. The number of hydrogen-bond donors (Lipinski definition) is 2. The molecule has 0 radical (unpaired) electrons. The highest BCUT2D eigenvalue weighted by atomic mass is 16.6. The van der Waals surface area contributed by atoms with Crippen LogP contribution in [-0.4, -0.2) is 52.4 Å². The van der Waals surface area contributed by atoms with Crippen LogP contribution in [0.5, 0.6) is 0 Å². The second-order valence-corrected chi connectivity index (χ2v) is 6.59. The van der Waals surface area contributed by atoms with Crippen LogP contribution in [0.4, 0.5) is 4.79 Å². The van der Waals surface area contributed by atoms with Gasteiger partial charge in [-0.15, -0.1) is 0 Å². The number of carbonyl (C=O) groups excluding carboxylic acids is 3. The van der Waals surface area contributed by atoms with E-state index in [4.69, 9.17) is 4.74 Å². The molecule has 1 unspecified atom stereocenters. The molecule has 0 rings (SSSR count). The molecule has 0 fully saturated rings. The lowest BCUT2D eigenvalue weighted by atomic mass is 10.00. The summed E-state index contributed by atoms with van der Waals surface area (Å²) >= 11 is 0. The molecule has 0 aromatic heterocycles. The fraction of sp³-hybridized carbons (Fsp3) is 0.812. The quantitative estimate of drug-likeness (QED) is 0.273. The summed E-state index contributed by atoms with van der Waals surface area (Å²) in [5.74, 6) is -1.22. The summed E-state index contributed by atoms with van der Waals surface area (Å²) in [5, 5.41) is 10.7. The summed E-state index contributed by atoms with van der Waals surface area (Å²) < 4.78 is 5.24. The molecule has 0 aliphatic carbocycles. The first-order chi connectivity index (χ1) is 11.2. The van der Waals surface area contributed by atoms with Crippen molar-refractivity contribution in [2.75, 3.05) is 13.1 Å². The zero-order chi connectivity index (χ0) is 18.8. The monoisotopic (exact) mass is 345 g/mol. The smallest absolute Gasteiger partial charge is 0.432 e. The predicted octanol–water partition coefficient (Wildman–Crippen LogP) is 2.32. The van der Waals surface area contributed by atoms with Crippen molar-refractivity contribution in [3.05, 3.63) is 0 Å². The molecule has 1 atom stereocenters. The van der Waals surface area contributed by atoms with Crippen LogP contribution in [0, 0.1) is 5.92 Å². The highest BCUT2D eigenvalue weighted by Gasteiger charge is 2.32. The molecule has 0 heterocycles. The number of nitrogens with zero attached hydrogens (tertiary/aromatic N) is 2. The minimum atomic E-state index is -0.801. The molecule has 0 saturated carbocycles. The van der Waals surface area contributed by atoms with E-state index in [1.165, 1.54) is 0 Å². The topological polar surface area (TPSA) is 99.2 Å². The van der Waals surface area contributed by atoms with Crippen molar-refractivity contribution >= 4 is 18.4 Å². The molecule has 0 saturated heterocycles. The number of ether oxygens (including phenoxy) is 1. The molecule has 24 heavy (non-hydrogen) atoms. The fourth-order valence-electron chi connectivity index (χ4n) is 2.08. The average molecular weight is 345 g/mol. The second-order valence-electron chi connectivity index (χ2n) is 6.59. The van der Waals surface area contributed by atoms with Crippen LogP contribution in [0.1, 0.15) is 60.3 Å². The van der Waals surface area contributed by atoms with Crippen LogP contribution in [0.2, 0.25) is 0 Å². The molecule has 0 aromatic rings. The fourth-order valence-corrected chi connectivity index (χ4v) is 2.08. The first-order valence-electron chi connectivity index (χ1n) is 8.37. The van der Waals surface area contributed by atoms with Crippen molar-refractivity contribution in [3.63, 3.8) is 0 Å². The molecule has 3 amide bonds. The lowest BCUT2D eigenvalue weighted by molar-refractivity contribution is -0.157. The van der Waals surface area contributed by atoms with E-state index >= 15 is 0 Å². The van der Waals surface area contributed by atoms with Crippen molar-refractivity contribution in [2.24, 2.45) is 5.92 Å². The average Bonchev–Trinajstić information content (AvgIpc) is 2.49. The molecular formula is C16H31N3O5. The van der Waals surface area contributed by atoms with E-state index in [0.29, 0.717) is 18.0 Å². The van der Waals surface area contributed by atoms with E-state index in [0.717, 1.165) is 24.3 Å². The van der Waals surface area contributed by atoms with Crippen LogP contribution < -0.4 is 5.43 Å². The lowest BCUT2D eigenvalue weighted by Gasteiger charge is -2.29.